The number of benzene rings is 2. The van der Waals surface area contributed by atoms with Gasteiger partial charge in [-0.1, -0.05) is 55.5 Å². The number of carbonyl (C=O) groups excluding carboxylic acids is 2. The fourth-order valence-corrected chi connectivity index (χ4v) is 2.68. The molecule has 0 saturated heterocycles. The molecule has 24 heavy (non-hydrogen) atoms. The molecule has 0 aliphatic heterocycles. The van der Waals surface area contributed by atoms with Crippen molar-refractivity contribution in [3.63, 3.8) is 0 Å². The molecule has 122 valence electrons. The van der Waals surface area contributed by atoms with Crippen molar-refractivity contribution < 1.29 is 14.3 Å². The highest BCUT2D eigenvalue weighted by Crippen LogP contribution is 2.22. The summed E-state index contributed by atoms with van der Waals surface area (Å²) in [7, 11) is 0. The largest absolute Gasteiger partial charge is 0.461 e. The summed E-state index contributed by atoms with van der Waals surface area (Å²) in [5.41, 5.74) is 2.47. The average Bonchev–Trinajstić information content (AvgIpc) is 3.04. The summed E-state index contributed by atoms with van der Waals surface area (Å²) in [5.74, 6) is -0.837. The van der Waals surface area contributed by atoms with Gasteiger partial charge in [0.25, 0.3) is 0 Å². The number of para-hydroxylation sites is 1. The van der Waals surface area contributed by atoms with E-state index in [4.69, 9.17) is 4.74 Å². The number of aromatic amines is 1. The van der Waals surface area contributed by atoms with Gasteiger partial charge in [-0.2, -0.15) is 0 Å². The fourth-order valence-electron chi connectivity index (χ4n) is 2.68. The normalized spacial score (nSPS) is 12.0. The van der Waals surface area contributed by atoms with Crippen molar-refractivity contribution in [2.75, 3.05) is 0 Å². The number of fused-ring (bicyclic) bond motifs is 1. The molecular weight excluding hydrogens is 302 g/mol. The quantitative estimate of drug-likeness (QED) is 0.549. The monoisotopic (exact) mass is 321 g/mol. The van der Waals surface area contributed by atoms with E-state index in [1.54, 1.807) is 13.1 Å². The third-order valence-corrected chi connectivity index (χ3v) is 4.02. The Morgan fingerprint density at radius 3 is 2.54 bits per heavy atom. The van der Waals surface area contributed by atoms with Crippen LogP contribution in [0.2, 0.25) is 0 Å². The van der Waals surface area contributed by atoms with Crippen LogP contribution in [0.4, 0.5) is 0 Å². The molecule has 0 radical (unpaired) electrons. The van der Waals surface area contributed by atoms with Crippen LogP contribution in [0.1, 0.15) is 29.3 Å². The zero-order valence-corrected chi connectivity index (χ0v) is 13.5. The number of Topliss-reactive ketones (excluding diaryl/α,β-unsaturated/α-hetero) is 1. The lowest BCUT2D eigenvalue weighted by Crippen LogP contribution is -2.17. The van der Waals surface area contributed by atoms with E-state index < -0.39 is 5.92 Å². The molecule has 2 aromatic carbocycles. The summed E-state index contributed by atoms with van der Waals surface area (Å²) in [6.45, 7) is 1.99. The Balaban J connectivity index is 1.60. The Bertz CT molecular complexity index is 851. The maximum absolute atomic E-state index is 12.6. The van der Waals surface area contributed by atoms with Crippen LogP contribution in [0.5, 0.6) is 0 Å². The third-order valence-electron chi connectivity index (χ3n) is 4.02. The topological polar surface area (TPSA) is 59.2 Å². The number of rotatable bonds is 6. The van der Waals surface area contributed by atoms with Gasteiger partial charge in [-0.15, -0.1) is 0 Å². The van der Waals surface area contributed by atoms with Crippen LogP contribution in [0.25, 0.3) is 10.9 Å². The molecule has 1 aromatic heterocycles. The number of aromatic nitrogens is 1. The first-order valence-corrected chi connectivity index (χ1v) is 7.95. The van der Waals surface area contributed by atoms with E-state index in [0.717, 1.165) is 16.5 Å². The van der Waals surface area contributed by atoms with Crippen molar-refractivity contribution in [3.8, 4) is 0 Å². The lowest BCUT2D eigenvalue weighted by molar-refractivity contribution is -0.145. The van der Waals surface area contributed by atoms with Gasteiger partial charge in [0.2, 0.25) is 0 Å². The predicted octanol–water partition coefficient (Wildman–Crippen LogP) is 4.12. The van der Waals surface area contributed by atoms with E-state index in [-0.39, 0.29) is 24.8 Å². The Morgan fingerprint density at radius 2 is 1.75 bits per heavy atom. The second-order valence-corrected chi connectivity index (χ2v) is 5.86. The molecule has 0 bridgehead atoms. The number of ether oxygens (including phenoxy) is 1. The molecule has 1 heterocycles. The smallest absolute Gasteiger partial charge is 0.306 e. The van der Waals surface area contributed by atoms with Gasteiger partial charge in [-0.3, -0.25) is 9.59 Å². The number of ketones is 1. The Hall–Kier alpha value is -2.88. The first-order chi connectivity index (χ1) is 11.6. The van der Waals surface area contributed by atoms with Gasteiger partial charge >= 0.3 is 5.97 Å². The maximum Gasteiger partial charge on any atom is 0.306 e. The fraction of sp³-hybridized carbons (Fsp3) is 0.200. The molecule has 1 N–H and O–H groups in total. The molecule has 0 aliphatic rings. The molecule has 4 heteroatoms. The molecule has 0 aliphatic carbocycles. The number of carbonyl (C=O) groups is 2. The van der Waals surface area contributed by atoms with Crippen molar-refractivity contribution in [1.29, 1.82) is 0 Å². The average molecular weight is 321 g/mol. The number of nitrogens with one attached hydrogen (secondary N) is 1. The van der Waals surface area contributed by atoms with Crippen LogP contribution < -0.4 is 0 Å². The Labute approximate surface area is 140 Å². The molecule has 0 fully saturated rings. The van der Waals surface area contributed by atoms with Crippen LogP contribution in [0.3, 0.4) is 0 Å². The van der Waals surface area contributed by atoms with Gasteiger partial charge in [-0.05, 0) is 11.6 Å². The van der Waals surface area contributed by atoms with Crippen LogP contribution >= 0.6 is 0 Å². The standard InChI is InChI=1S/C20H19NO3/c1-14(11-19(22)24-13-15-7-3-2-4-8-15)20(23)17-12-21-18-10-6-5-9-16(17)18/h2-10,12,14,21H,11,13H2,1H3/t14-/m0/s1. The van der Waals surface area contributed by atoms with Gasteiger partial charge < -0.3 is 9.72 Å². The van der Waals surface area contributed by atoms with Gasteiger partial charge in [0.1, 0.15) is 6.61 Å². The van der Waals surface area contributed by atoms with E-state index in [2.05, 4.69) is 4.98 Å². The van der Waals surface area contributed by atoms with Gasteiger partial charge in [0.15, 0.2) is 5.78 Å². The van der Waals surface area contributed by atoms with Crippen LogP contribution in [-0.4, -0.2) is 16.7 Å². The van der Waals surface area contributed by atoms with E-state index in [0.29, 0.717) is 5.56 Å². The zero-order valence-electron chi connectivity index (χ0n) is 13.5. The summed E-state index contributed by atoms with van der Waals surface area (Å²) in [6.07, 6.45) is 1.78. The first-order valence-electron chi connectivity index (χ1n) is 7.95. The number of hydrogen-bond acceptors (Lipinski definition) is 3. The number of hydrogen-bond donors (Lipinski definition) is 1. The van der Waals surface area contributed by atoms with Crippen molar-refractivity contribution in [2.24, 2.45) is 5.92 Å². The molecule has 0 unspecified atom stereocenters. The SMILES string of the molecule is C[C@@H](CC(=O)OCc1ccccc1)C(=O)c1c[nH]c2ccccc12. The molecule has 4 nitrogen and oxygen atoms in total. The summed E-state index contributed by atoms with van der Waals surface area (Å²) >= 11 is 0. The second kappa shape index (κ2) is 7.13. The van der Waals surface area contributed by atoms with Gasteiger partial charge in [0, 0.05) is 28.6 Å². The van der Waals surface area contributed by atoms with Gasteiger partial charge in [-0.25, -0.2) is 0 Å². The van der Waals surface area contributed by atoms with E-state index in [1.807, 2.05) is 54.6 Å². The third kappa shape index (κ3) is 3.54. The van der Waals surface area contributed by atoms with Crippen molar-refractivity contribution >= 4 is 22.7 Å². The summed E-state index contributed by atoms with van der Waals surface area (Å²) in [6, 6.07) is 17.1. The molecule has 1 atom stereocenters. The van der Waals surface area contributed by atoms with Crippen LogP contribution in [-0.2, 0) is 16.1 Å². The minimum atomic E-state index is -0.424. The molecule has 0 spiro atoms. The highest BCUT2D eigenvalue weighted by Gasteiger charge is 2.21. The van der Waals surface area contributed by atoms with Crippen molar-refractivity contribution in [2.45, 2.75) is 20.0 Å². The highest BCUT2D eigenvalue weighted by atomic mass is 16.5. The predicted molar refractivity (Wildman–Crippen MR) is 92.6 cm³/mol. The maximum atomic E-state index is 12.6. The summed E-state index contributed by atoms with van der Waals surface area (Å²) in [4.78, 5) is 27.7. The highest BCUT2D eigenvalue weighted by molar-refractivity contribution is 6.09. The van der Waals surface area contributed by atoms with E-state index in [9.17, 15) is 9.59 Å². The van der Waals surface area contributed by atoms with Crippen molar-refractivity contribution in [3.05, 3.63) is 71.9 Å². The van der Waals surface area contributed by atoms with Crippen LogP contribution in [0.15, 0.2) is 60.8 Å². The molecular formula is C20H19NO3. The Morgan fingerprint density at radius 1 is 1.04 bits per heavy atom. The molecule has 3 aromatic rings. The summed E-state index contributed by atoms with van der Waals surface area (Å²) < 4.78 is 5.25. The van der Waals surface area contributed by atoms with Crippen molar-refractivity contribution in [1.82, 2.24) is 4.98 Å². The Kier molecular flexibility index (Phi) is 4.75. The van der Waals surface area contributed by atoms with Gasteiger partial charge in [0.05, 0.1) is 6.42 Å². The first kappa shape index (κ1) is 16.0. The number of H-pyrrole nitrogens is 1. The van der Waals surface area contributed by atoms with E-state index >= 15 is 0 Å². The molecule has 0 saturated carbocycles. The minimum absolute atomic E-state index is 0.0517. The zero-order chi connectivity index (χ0) is 16.9. The summed E-state index contributed by atoms with van der Waals surface area (Å²) in [5, 5.41) is 0.881. The lowest BCUT2D eigenvalue weighted by Gasteiger charge is -2.10. The number of esters is 1. The molecule has 3 rings (SSSR count). The van der Waals surface area contributed by atoms with Crippen LogP contribution in [0, 0.1) is 5.92 Å². The minimum Gasteiger partial charge on any atom is -0.461 e. The second-order valence-electron chi connectivity index (χ2n) is 5.86. The van der Waals surface area contributed by atoms with E-state index in [1.165, 1.54) is 0 Å². The lowest BCUT2D eigenvalue weighted by atomic mass is 9.96. The molecule has 0 amide bonds.